The summed E-state index contributed by atoms with van der Waals surface area (Å²) in [5.41, 5.74) is 1.43. The normalized spacial score (nSPS) is 31.6. The monoisotopic (exact) mass is 440 g/mol. The fourth-order valence-corrected chi connectivity index (χ4v) is 6.67. The van der Waals surface area contributed by atoms with E-state index >= 15 is 0 Å². The SMILES string of the molecule is Cc1nc(NC2CN(C(=O)CC3CC4CCC3[C@H]4C)C2)nc2c1NC(=O)[C@H](C(C)C)N2C. The largest absolute Gasteiger partial charge is 0.348 e. The van der Waals surface area contributed by atoms with Gasteiger partial charge < -0.3 is 20.4 Å². The van der Waals surface area contributed by atoms with Crippen LogP contribution in [0.4, 0.5) is 17.5 Å². The molecule has 3 heterocycles. The average molecular weight is 441 g/mol. The van der Waals surface area contributed by atoms with Crippen LogP contribution in [-0.2, 0) is 9.59 Å². The molecule has 2 N–H and O–H groups in total. The van der Waals surface area contributed by atoms with Crippen LogP contribution in [0.25, 0.3) is 0 Å². The van der Waals surface area contributed by atoms with Crippen LogP contribution in [0.5, 0.6) is 0 Å². The first kappa shape index (κ1) is 21.5. The van der Waals surface area contributed by atoms with E-state index in [4.69, 9.17) is 4.98 Å². The predicted molar refractivity (Wildman–Crippen MR) is 125 cm³/mol. The van der Waals surface area contributed by atoms with Gasteiger partial charge >= 0.3 is 0 Å². The van der Waals surface area contributed by atoms with E-state index in [2.05, 4.69) is 22.5 Å². The third kappa shape index (κ3) is 3.52. The molecule has 0 spiro atoms. The quantitative estimate of drug-likeness (QED) is 0.732. The number of fused-ring (bicyclic) bond motifs is 3. The van der Waals surface area contributed by atoms with Crippen molar-refractivity contribution in [1.82, 2.24) is 14.9 Å². The maximum absolute atomic E-state index is 12.8. The number of carbonyl (C=O) groups is 2. The number of likely N-dealkylation sites (tertiary alicyclic amines) is 1. The second kappa shape index (κ2) is 7.89. The molecule has 32 heavy (non-hydrogen) atoms. The van der Waals surface area contributed by atoms with E-state index in [1.54, 1.807) is 0 Å². The molecule has 2 bridgehead atoms. The van der Waals surface area contributed by atoms with Crippen LogP contribution in [0.2, 0.25) is 0 Å². The molecule has 3 unspecified atom stereocenters. The number of hydrogen-bond acceptors (Lipinski definition) is 6. The molecule has 8 heteroatoms. The maximum atomic E-state index is 12.8. The predicted octanol–water partition coefficient (Wildman–Crippen LogP) is 2.89. The first-order valence-electron chi connectivity index (χ1n) is 12.2. The Hall–Kier alpha value is -2.38. The molecule has 0 radical (unpaired) electrons. The van der Waals surface area contributed by atoms with Crippen molar-refractivity contribution in [3.63, 3.8) is 0 Å². The molecule has 4 aliphatic rings. The molecule has 5 rings (SSSR count). The van der Waals surface area contributed by atoms with Crippen LogP contribution in [0.1, 0.15) is 52.1 Å². The molecule has 1 saturated heterocycles. The van der Waals surface area contributed by atoms with Crippen molar-refractivity contribution in [2.75, 3.05) is 35.7 Å². The molecule has 0 aromatic carbocycles. The van der Waals surface area contributed by atoms with Crippen LogP contribution in [-0.4, -0.2) is 58.9 Å². The van der Waals surface area contributed by atoms with Crippen molar-refractivity contribution >= 4 is 29.3 Å². The summed E-state index contributed by atoms with van der Waals surface area (Å²) in [6.07, 6.45) is 4.64. The second-order valence-corrected chi connectivity index (χ2v) is 10.8. The van der Waals surface area contributed by atoms with Crippen LogP contribution >= 0.6 is 0 Å². The standard InChI is InChI=1S/C24H36N6O2/c1-12(2)21-23(32)27-20-14(4)25-24(28-22(20)29(21)5)26-17-10-30(11-17)19(31)9-16-8-15-6-7-18(16)13(15)3/h12-13,15-18,21H,6-11H2,1-5H3,(H,27,32)(H,25,26,28)/t13-,15?,16?,18?,21-/m0/s1. The fraction of sp³-hybridized carbons (Fsp3) is 0.750. The van der Waals surface area contributed by atoms with Gasteiger partial charge in [0.1, 0.15) is 11.7 Å². The van der Waals surface area contributed by atoms with Crippen molar-refractivity contribution < 1.29 is 9.59 Å². The minimum atomic E-state index is -0.255. The Balaban J connectivity index is 1.19. The molecule has 3 fully saturated rings. The molecule has 5 atom stereocenters. The highest BCUT2D eigenvalue weighted by Gasteiger charge is 2.46. The van der Waals surface area contributed by atoms with E-state index in [-0.39, 0.29) is 23.9 Å². The number of likely N-dealkylation sites (N-methyl/N-ethyl adjacent to an activating group) is 1. The highest BCUT2D eigenvalue weighted by Crippen LogP contribution is 2.53. The number of carbonyl (C=O) groups excluding carboxylic acids is 2. The summed E-state index contributed by atoms with van der Waals surface area (Å²) in [5, 5.41) is 6.39. The van der Waals surface area contributed by atoms with Crippen LogP contribution in [0.15, 0.2) is 0 Å². The minimum Gasteiger partial charge on any atom is -0.348 e. The fourth-order valence-electron chi connectivity index (χ4n) is 6.67. The number of aromatic nitrogens is 2. The zero-order valence-electron chi connectivity index (χ0n) is 19.9. The van der Waals surface area contributed by atoms with Crippen molar-refractivity contribution in [2.24, 2.45) is 29.6 Å². The number of aryl methyl sites for hydroxylation is 1. The first-order valence-corrected chi connectivity index (χ1v) is 12.2. The van der Waals surface area contributed by atoms with E-state index in [0.717, 1.165) is 29.3 Å². The van der Waals surface area contributed by atoms with Crippen molar-refractivity contribution in [1.29, 1.82) is 0 Å². The average Bonchev–Trinajstić information content (AvgIpc) is 3.19. The lowest BCUT2D eigenvalue weighted by Gasteiger charge is -2.41. The minimum absolute atomic E-state index is 0.0135. The summed E-state index contributed by atoms with van der Waals surface area (Å²) < 4.78 is 0. The molecule has 2 amide bonds. The van der Waals surface area contributed by atoms with Gasteiger partial charge in [0.05, 0.1) is 11.7 Å². The highest BCUT2D eigenvalue weighted by molar-refractivity contribution is 6.03. The van der Waals surface area contributed by atoms with E-state index in [1.165, 1.54) is 19.3 Å². The number of amides is 2. The van der Waals surface area contributed by atoms with Crippen molar-refractivity contribution in [2.45, 2.75) is 65.5 Å². The van der Waals surface area contributed by atoms with Crippen molar-refractivity contribution in [3.05, 3.63) is 5.69 Å². The molecular weight excluding hydrogens is 404 g/mol. The number of anilines is 3. The molecule has 2 aliphatic heterocycles. The summed E-state index contributed by atoms with van der Waals surface area (Å²) in [6, 6.07) is -0.0882. The Morgan fingerprint density at radius 2 is 2.00 bits per heavy atom. The van der Waals surface area contributed by atoms with E-state index in [0.29, 0.717) is 43.0 Å². The van der Waals surface area contributed by atoms with Gasteiger partial charge in [0.25, 0.3) is 0 Å². The van der Waals surface area contributed by atoms with Crippen LogP contribution in [0, 0.1) is 36.5 Å². The Kier molecular flexibility index (Phi) is 5.29. The summed E-state index contributed by atoms with van der Waals surface area (Å²) in [5.74, 6) is 4.78. The number of nitrogens with one attached hydrogen (secondary N) is 2. The molecule has 174 valence electrons. The van der Waals surface area contributed by atoms with Gasteiger partial charge in [0.15, 0.2) is 5.82 Å². The number of hydrogen-bond donors (Lipinski definition) is 2. The third-order valence-electron chi connectivity index (χ3n) is 8.48. The molecular formula is C24H36N6O2. The number of rotatable bonds is 5. The van der Waals surface area contributed by atoms with Gasteiger partial charge in [-0.05, 0) is 55.8 Å². The molecule has 8 nitrogen and oxygen atoms in total. The van der Waals surface area contributed by atoms with Crippen LogP contribution in [0.3, 0.4) is 0 Å². The molecule has 2 aliphatic carbocycles. The molecule has 2 saturated carbocycles. The lowest BCUT2D eigenvalue weighted by atomic mass is 9.85. The highest BCUT2D eigenvalue weighted by atomic mass is 16.2. The number of nitrogens with zero attached hydrogens (tertiary/aromatic N) is 4. The Morgan fingerprint density at radius 1 is 1.25 bits per heavy atom. The van der Waals surface area contributed by atoms with Gasteiger partial charge in [-0.25, -0.2) is 4.98 Å². The van der Waals surface area contributed by atoms with Gasteiger partial charge in [0, 0.05) is 26.6 Å². The van der Waals surface area contributed by atoms with E-state index in [1.807, 2.05) is 37.6 Å². The summed E-state index contributed by atoms with van der Waals surface area (Å²) in [6.45, 7) is 9.75. The van der Waals surface area contributed by atoms with Gasteiger partial charge in [-0.1, -0.05) is 20.8 Å². The van der Waals surface area contributed by atoms with Gasteiger partial charge in [-0.2, -0.15) is 4.98 Å². The third-order valence-corrected chi connectivity index (χ3v) is 8.48. The zero-order valence-corrected chi connectivity index (χ0v) is 19.9. The summed E-state index contributed by atoms with van der Waals surface area (Å²) in [7, 11) is 1.92. The Morgan fingerprint density at radius 3 is 2.62 bits per heavy atom. The Labute approximate surface area is 190 Å². The van der Waals surface area contributed by atoms with Gasteiger partial charge in [-0.15, -0.1) is 0 Å². The van der Waals surface area contributed by atoms with Crippen molar-refractivity contribution in [3.8, 4) is 0 Å². The summed E-state index contributed by atoms with van der Waals surface area (Å²) in [4.78, 5) is 38.5. The second-order valence-electron chi connectivity index (χ2n) is 10.8. The lowest BCUT2D eigenvalue weighted by Crippen LogP contribution is -2.57. The van der Waals surface area contributed by atoms with E-state index in [9.17, 15) is 9.59 Å². The molecule has 1 aromatic heterocycles. The first-order chi connectivity index (χ1) is 15.2. The lowest BCUT2D eigenvalue weighted by molar-refractivity contribution is -0.136. The zero-order chi connectivity index (χ0) is 22.7. The molecule has 1 aromatic rings. The van der Waals surface area contributed by atoms with Gasteiger partial charge in [0.2, 0.25) is 17.8 Å². The van der Waals surface area contributed by atoms with Crippen LogP contribution < -0.4 is 15.5 Å². The topological polar surface area (TPSA) is 90.5 Å². The Bertz CT molecular complexity index is 927. The van der Waals surface area contributed by atoms with Gasteiger partial charge in [-0.3, -0.25) is 9.59 Å². The van der Waals surface area contributed by atoms with E-state index < -0.39 is 0 Å². The maximum Gasteiger partial charge on any atom is 0.247 e. The summed E-state index contributed by atoms with van der Waals surface area (Å²) >= 11 is 0. The smallest absolute Gasteiger partial charge is 0.247 e.